The van der Waals surface area contributed by atoms with Crippen molar-refractivity contribution in [3.8, 4) is 5.75 Å². The Balaban J connectivity index is 1.56. The van der Waals surface area contributed by atoms with Gasteiger partial charge in [0.15, 0.2) is 5.78 Å². The number of piperidine rings is 1. The lowest BCUT2D eigenvalue weighted by Crippen LogP contribution is -2.92. The van der Waals surface area contributed by atoms with Crippen LogP contribution in [-0.2, 0) is 14.9 Å². The number of ether oxygens (including phenoxy) is 2. The number of nitrogens with one attached hydrogen (secondary N) is 1. The number of para-hydroxylation sites is 1. The molecule has 7 nitrogen and oxygen atoms in total. The molecule has 0 radical (unpaired) electrons. The highest BCUT2D eigenvalue weighted by Gasteiger charge is 2.98. The quantitative estimate of drug-likeness (QED) is 0.628. The molecule has 9 aliphatic rings. The zero-order chi connectivity index (χ0) is 18.8. The smallest absolute Gasteiger partial charge is 0.165 e. The molecule has 28 heavy (non-hydrogen) atoms. The van der Waals surface area contributed by atoms with Crippen LogP contribution in [0.1, 0.15) is 24.8 Å². The number of nitrogens with two attached hydrogens (primary N) is 1. The molecule has 2 unspecified atom stereocenters. The van der Waals surface area contributed by atoms with Crippen molar-refractivity contribution < 1.29 is 19.4 Å². The predicted molar refractivity (Wildman–Crippen MR) is 97.9 cm³/mol. The summed E-state index contributed by atoms with van der Waals surface area (Å²) in [5.41, 5.74) is 6.62. The number of ketones is 1. The minimum absolute atomic E-state index is 0.0789. The van der Waals surface area contributed by atoms with E-state index in [0.29, 0.717) is 0 Å². The van der Waals surface area contributed by atoms with Crippen LogP contribution in [0.2, 0.25) is 0 Å². The predicted octanol–water partition coefficient (Wildman–Crippen LogP) is -0.0388. The van der Waals surface area contributed by atoms with Gasteiger partial charge in [0.05, 0.1) is 41.9 Å². The van der Waals surface area contributed by atoms with E-state index in [-0.39, 0.29) is 24.0 Å². The number of anilines is 1. The van der Waals surface area contributed by atoms with Crippen molar-refractivity contribution in [2.24, 2.45) is 17.1 Å². The molecule has 4 N–H and O–H groups in total. The van der Waals surface area contributed by atoms with E-state index >= 15 is 0 Å². The zero-order valence-corrected chi connectivity index (χ0v) is 15.6. The van der Waals surface area contributed by atoms with E-state index in [1.54, 1.807) is 7.11 Å². The standard InChI is InChI=1S/C21H23N3O4/c1-27-10-4-2-3-9-13(10)23-19-7-6-18-11(25)5-8-24-15-12(20(9,19)16(18)24)14(26)21(19,22)17(18)28-15/h2-4,11-12,15-17,23,25H,5-8,22H2,1H3/t11-,12-,15+,16-,17+,18?,19-,20-,21-/m0/s1. The lowest BCUT2D eigenvalue weighted by Gasteiger charge is -2.74. The summed E-state index contributed by atoms with van der Waals surface area (Å²) in [7, 11) is 1.68. The van der Waals surface area contributed by atoms with Crippen molar-refractivity contribution in [1.82, 2.24) is 4.90 Å². The van der Waals surface area contributed by atoms with E-state index in [4.69, 9.17) is 15.2 Å². The number of methoxy groups -OCH3 is 1. The Morgan fingerprint density at radius 2 is 2.25 bits per heavy atom. The number of aliphatic hydroxyl groups is 1. The first-order valence-corrected chi connectivity index (χ1v) is 10.4. The number of benzene rings is 1. The molecule has 0 aromatic heterocycles. The fourth-order valence-corrected chi connectivity index (χ4v) is 9.43. The maximum atomic E-state index is 13.9. The fraction of sp³-hybridized carbons (Fsp3) is 0.667. The van der Waals surface area contributed by atoms with Crippen LogP contribution in [0.15, 0.2) is 18.2 Å². The van der Waals surface area contributed by atoms with Crippen molar-refractivity contribution >= 4 is 11.5 Å². The molecule has 1 aromatic carbocycles. The number of Topliss-reactive ketones (excluding diaryl/α,β-unsaturated/α-hetero) is 1. The molecule has 146 valence electrons. The molecule has 5 heterocycles. The minimum Gasteiger partial charge on any atom is -0.495 e. The molecule has 9 bridgehead atoms. The summed E-state index contributed by atoms with van der Waals surface area (Å²) in [5, 5.41) is 15.1. The van der Waals surface area contributed by atoms with Crippen molar-refractivity contribution in [2.75, 3.05) is 19.0 Å². The van der Waals surface area contributed by atoms with Crippen LogP contribution in [0.4, 0.5) is 5.69 Å². The van der Waals surface area contributed by atoms with Gasteiger partial charge in [0.1, 0.15) is 17.5 Å². The summed E-state index contributed by atoms with van der Waals surface area (Å²) in [6.07, 6.45) is 1.19. The van der Waals surface area contributed by atoms with Crippen LogP contribution in [0.5, 0.6) is 5.75 Å². The first-order chi connectivity index (χ1) is 13.5. The largest absolute Gasteiger partial charge is 0.495 e. The Hall–Kier alpha value is -1.67. The fourth-order valence-electron chi connectivity index (χ4n) is 9.43. The molecule has 3 spiro atoms. The minimum atomic E-state index is -1.11. The Morgan fingerprint density at radius 1 is 1.39 bits per heavy atom. The van der Waals surface area contributed by atoms with E-state index in [1.165, 1.54) is 0 Å². The van der Waals surface area contributed by atoms with Crippen LogP contribution in [0.25, 0.3) is 0 Å². The number of carbonyl (C=O) groups is 1. The summed E-state index contributed by atoms with van der Waals surface area (Å²) in [5.74, 6) is 0.651. The third-order valence-corrected chi connectivity index (χ3v) is 9.90. The summed E-state index contributed by atoms with van der Waals surface area (Å²) in [6, 6.07) is 6.20. The Kier molecular flexibility index (Phi) is 2.10. The van der Waals surface area contributed by atoms with E-state index in [1.807, 2.05) is 12.1 Å². The maximum Gasteiger partial charge on any atom is 0.165 e. The number of aliphatic hydroxyl groups excluding tert-OH is 1. The average molecular weight is 381 g/mol. The molecule has 4 aliphatic carbocycles. The SMILES string of the molecule is COc1cccc2c1N[C@]13CCC45[C@H]6O[C@@H]7[C@H](C(=O)[C@]61N)[C@]23[C@H]4N7CC[C@@H]5O. The molecular weight excluding hydrogens is 358 g/mol. The number of hydrogen-bond donors (Lipinski definition) is 3. The van der Waals surface area contributed by atoms with Gasteiger partial charge in [-0.2, -0.15) is 0 Å². The van der Waals surface area contributed by atoms with Gasteiger partial charge in [-0.25, -0.2) is 0 Å². The van der Waals surface area contributed by atoms with Crippen LogP contribution >= 0.6 is 0 Å². The van der Waals surface area contributed by atoms with E-state index in [2.05, 4.69) is 16.3 Å². The second-order valence-electron chi connectivity index (χ2n) is 9.96. The van der Waals surface area contributed by atoms with Crippen LogP contribution in [0, 0.1) is 11.3 Å². The van der Waals surface area contributed by atoms with Crippen LogP contribution < -0.4 is 15.8 Å². The van der Waals surface area contributed by atoms with Gasteiger partial charge in [-0.05, 0) is 30.9 Å². The number of hydrogen-bond acceptors (Lipinski definition) is 7. The maximum absolute atomic E-state index is 13.9. The first-order valence-electron chi connectivity index (χ1n) is 10.4. The summed E-state index contributed by atoms with van der Waals surface area (Å²) >= 11 is 0. The highest BCUT2D eigenvalue weighted by atomic mass is 16.5. The number of fused-ring (bicyclic) bond motifs is 2. The highest BCUT2D eigenvalue weighted by Crippen LogP contribution is 2.84. The lowest BCUT2D eigenvalue weighted by atomic mass is 9.38. The molecule has 1 aromatic rings. The molecule has 7 heteroatoms. The van der Waals surface area contributed by atoms with Crippen molar-refractivity contribution in [3.63, 3.8) is 0 Å². The number of nitrogens with zero attached hydrogens (tertiary/aromatic N) is 1. The van der Waals surface area contributed by atoms with Gasteiger partial charge in [0, 0.05) is 18.0 Å². The molecule has 10 rings (SSSR count). The van der Waals surface area contributed by atoms with Crippen molar-refractivity contribution in [1.29, 1.82) is 0 Å². The van der Waals surface area contributed by atoms with Crippen molar-refractivity contribution in [3.05, 3.63) is 23.8 Å². The molecular formula is C21H23N3O4. The van der Waals surface area contributed by atoms with Gasteiger partial charge in [0.25, 0.3) is 0 Å². The second-order valence-corrected chi connectivity index (χ2v) is 9.96. The van der Waals surface area contributed by atoms with Gasteiger partial charge in [-0.1, -0.05) is 12.1 Å². The number of carbonyl (C=O) groups excluding carboxylic acids is 1. The topological polar surface area (TPSA) is 97.0 Å². The van der Waals surface area contributed by atoms with Gasteiger partial charge in [-0.3, -0.25) is 9.69 Å². The molecule has 0 amide bonds. The summed E-state index contributed by atoms with van der Waals surface area (Å²) in [6.45, 7) is 0.767. The van der Waals surface area contributed by atoms with Gasteiger partial charge in [0.2, 0.25) is 0 Å². The van der Waals surface area contributed by atoms with Gasteiger partial charge in [-0.15, -0.1) is 0 Å². The van der Waals surface area contributed by atoms with Crippen LogP contribution in [-0.4, -0.2) is 65.0 Å². The van der Waals surface area contributed by atoms with E-state index in [9.17, 15) is 9.90 Å². The first kappa shape index (κ1) is 15.2. The monoisotopic (exact) mass is 381 g/mol. The van der Waals surface area contributed by atoms with Crippen molar-refractivity contribution in [2.45, 2.75) is 60.2 Å². The second kappa shape index (κ2) is 3.86. The summed E-state index contributed by atoms with van der Waals surface area (Å²) < 4.78 is 12.3. The highest BCUT2D eigenvalue weighted by molar-refractivity contribution is 6.05. The Morgan fingerprint density at radius 3 is 3.07 bits per heavy atom. The summed E-state index contributed by atoms with van der Waals surface area (Å²) in [4.78, 5) is 16.3. The van der Waals surface area contributed by atoms with Crippen LogP contribution in [0.3, 0.4) is 0 Å². The third-order valence-electron chi connectivity index (χ3n) is 9.90. The molecule has 5 aliphatic heterocycles. The molecule has 8 fully saturated rings. The Bertz CT molecular complexity index is 1020. The average Bonchev–Trinajstić information content (AvgIpc) is 3.18. The molecule has 10 atom stereocenters. The van der Waals surface area contributed by atoms with E-state index in [0.717, 1.165) is 42.8 Å². The number of rotatable bonds is 1. The van der Waals surface area contributed by atoms with Gasteiger partial charge < -0.3 is 25.6 Å². The van der Waals surface area contributed by atoms with E-state index < -0.39 is 34.1 Å². The molecule has 4 saturated heterocycles. The zero-order valence-electron chi connectivity index (χ0n) is 15.6. The third kappa shape index (κ3) is 0.962. The lowest BCUT2D eigenvalue weighted by molar-refractivity contribution is -0.318. The Labute approximate surface area is 162 Å². The molecule has 4 saturated carbocycles. The van der Waals surface area contributed by atoms with Gasteiger partial charge >= 0.3 is 0 Å². The normalized spacial score (nSPS) is 60.2.